The molecule has 0 N–H and O–H groups in total. The minimum atomic E-state index is -4.64. The molecule has 0 aliphatic carbocycles. The van der Waals surface area contributed by atoms with E-state index in [1.54, 1.807) is 18.5 Å². The number of aromatic nitrogens is 7. The normalized spacial score (nSPS) is 12.4. The van der Waals surface area contributed by atoms with E-state index < -0.39 is 11.9 Å². The fourth-order valence-electron chi connectivity index (χ4n) is 3.83. The maximum atomic E-state index is 14.0. The van der Waals surface area contributed by atoms with E-state index in [0.717, 1.165) is 35.4 Å². The number of rotatable bonds is 5. The number of halogens is 3. The number of aryl methyl sites for hydroxylation is 3. The van der Waals surface area contributed by atoms with Crippen LogP contribution in [0.25, 0.3) is 27.1 Å². The van der Waals surface area contributed by atoms with Crippen LogP contribution in [0.3, 0.4) is 0 Å². The lowest BCUT2D eigenvalue weighted by Gasteiger charge is -2.14. The summed E-state index contributed by atoms with van der Waals surface area (Å²) in [7, 11) is 1.61. The quantitative estimate of drug-likeness (QED) is 0.419. The first-order chi connectivity index (χ1) is 14.7. The van der Waals surface area contributed by atoms with Crippen molar-refractivity contribution >= 4 is 17.0 Å². The summed E-state index contributed by atoms with van der Waals surface area (Å²) >= 11 is 0.921. The zero-order chi connectivity index (χ0) is 22.5. The van der Waals surface area contributed by atoms with Gasteiger partial charge in [0, 0.05) is 12.6 Å². The smallest absolute Gasteiger partial charge is 0.247 e. The molecule has 31 heavy (non-hydrogen) atoms. The van der Waals surface area contributed by atoms with Crippen LogP contribution < -0.4 is 0 Å². The van der Waals surface area contributed by atoms with Gasteiger partial charge in [0.1, 0.15) is 12.0 Å². The van der Waals surface area contributed by atoms with Gasteiger partial charge in [-0.25, -0.2) is 24.1 Å². The zero-order valence-corrected chi connectivity index (χ0v) is 18.6. The van der Waals surface area contributed by atoms with Crippen LogP contribution in [0.5, 0.6) is 0 Å². The number of hydrogen-bond acceptors (Lipinski definition) is 6. The van der Waals surface area contributed by atoms with Crippen LogP contribution in [-0.2, 0) is 13.2 Å². The van der Waals surface area contributed by atoms with Gasteiger partial charge in [0.2, 0.25) is 0 Å². The molecule has 7 nitrogen and oxygen atoms in total. The first-order valence-electron chi connectivity index (χ1n) is 9.95. The van der Waals surface area contributed by atoms with Crippen molar-refractivity contribution in [2.75, 3.05) is 0 Å². The molecule has 0 aromatic carbocycles. The number of nitrogens with zero attached hydrogens (tertiary/aromatic N) is 7. The second-order valence-corrected chi connectivity index (χ2v) is 8.44. The third-order valence-corrected chi connectivity index (χ3v) is 6.41. The average Bonchev–Trinajstić information content (AvgIpc) is 3.38. The Bertz CT molecular complexity index is 1250. The highest BCUT2D eigenvalue weighted by molar-refractivity contribution is 7.18. The first kappa shape index (κ1) is 21.4. The average molecular weight is 450 g/mol. The summed E-state index contributed by atoms with van der Waals surface area (Å²) in [4.78, 5) is 12.6. The lowest BCUT2D eigenvalue weighted by atomic mass is 9.95. The van der Waals surface area contributed by atoms with Gasteiger partial charge in [-0.1, -0.05) is 13.8 Å². The van der Waals surface area contributed by atoms with Crippen molar-refractivity contribution in [2.45, 2.75) is 52.6 Å². The molecule has 4 aromatic heterocycles. The number of fused-ring (bicyclic) bond motifs is 1. The molecule has 11 heteroatoms. The highest BCUT2D eigenvalue weighted by atomic mass is 32.1. The summed E-state index contributed by atoms with van der Waals surface area (Å²) in [6.07, 6.45) is -1.54. The predicted molar refractivity (Wildman–Crippen MR) is 112 cm³/mol. The predicted octanol–water partition coefficient (Wildman–Crippen LogP) is 5.19. The van der Waals surface area contributed by atoms with Gasteiger partial charge < -0.3 is 0 Å². The van der Waals surface area contributed by atoms with Crippen LogP contribution in [0.1, 0.15) is 55.3 Å². The van der Waals surface area contributed by atoms with E-state index in [1.165, 1.54) is 11.0 Å². The maximum absolute atomic E-state index is 14.0. The lowest BCUT2D eigenvalue weighted by Crippen LogP contribution is -2.09. The third kappa shape index (κ3) is 3.60. The highest BCUT2D eigenvalue weighted by Gasteiger charge is 2.40. The number of alkyl halides is 3. The molecule has 0 saturated carbocycles. The van der Waals surface area contributed by atoms with E-state index in [1.807, 2.05) is 13.0 Å². The summed E-state index contributed by atoms with van der Waals surface area (Å²) in [5, 5.41) is 8.62. The topological polar surface area (TPSA) is 73.8 Å². The Hall–Kier alpha value is -2.82. The van der Waals surface area contributed by atoms with E-state index in [0.29, 0.717) is 17.0 Å². The molecule has 0 bridgehead atoms. The second-order valence-electron chi connectivity index (χ2n) is 7.44. The van der Waals surface area contributed by atoms with Crippen molar-refractivity contribution < 1.29 is 13.2 Å². The number of imidazole rings is 1. The fourth-order valence-corrected chi connectivity index (χ4v) is 5.02. The van der Waals surface area contributed by atoms with Crippen LogP contribution >= 0.6 is 11.3 Å². The summed E-state index contributed by atoms with van der Waals surface area (Å²) in [5.41, 5.74) is 2.13. The number of thiazole rings is 1. The van der Waals surface area contributed by atoms with Crippen molar-refractivity contribution in [3.05, 3.63) is 35.0 Å². The van der Waals surface area contributed by atoms with Gasteiger partial charge in [0.25, 0.3) is 0 Å². The molecule has 0 fully saturated rings. The molecule has 4 rings (SSSR count). The van der Waals surface area contributed by atoms with E-state index >= 15 is 0 Å². The number of hydrogen-bond donors (Lipinski definition) is 0. The molecule has 0 radical (unpaired) electrons. The minimum absolute atomic E-state index is 0.0240. The van der Waals surface area contributed by atoms with Gasteiger partial charge in [-0.2, -0.15) is 23.4 Å². The van der Waals surface area contributed by atoms with Crippen molar-refractivity contribution in [3.63, 3.8) is 0 Å². The van der Waals surface area contributed by atoms with Crippen molar-refractivity contribution in [2.24, 2.45) is 7.05 Å². The van der Waals surface area contributed by atoms with Gasteiger partial charge in [-0.15, -0.1) is 11.3 Å². The maximum Gasteiger partial charge on any atom is 0.434 e. The molecule has 0 spiro atoms. The molecular formula is C20H22F3N7S. The monoisotopic (exact) mass is 449 g/mol. The molecular weight excluding hydrogens is 427 g/mol. The highest BCUT2D eigenvalue weighted by Crippen LogP contribution is 2.44. The molecule has 0 unspecified atom stereocenters. The molecule has 0 atom stereocenters. The van der Waals surface area contributed by atoms with Crippen molar-refractivity contribution in [3.8, 4) is 21.4 Å². The van der Waals surface area contributed by atoms with Gasteiger partial charge in [-0.05, 0) is 38.7 Å². The Labute approximate surface area is 181 Å². The van der Waals surface area contributed by atoms with E-state index in [4.69, 9.17) is 0 Å². The Morgan fingerprint density at radius 2 is 1.84 bits per heavy atom. The Balaban J connectivity index is 2.02. The fraction of sp³-hybridized carbons (Fsp3) is 0.450. The van der Waals surface area contributed by atoms with Gasteiger partial charge in [0.15, 0.2) is 22.2 Å². The van der Waals surface area contributed by atoms with Gasteiger partial charge in [0.05, 0.1) is 16.3 Å². The van der Waals surface area contributed by atoms with Crippen LogP contribution in [0, 0.1) is 13.8 Å². The first-order valence-corrected chi connectivity index (χ1v) is 10.8. The van der Waals surface area contributed by atoms with E-state index in [2.05, 4.69) is 39.0 Å². The molecule has 0 saturated heterocycles. The Morgan fingerprint density at radius 1 is 1.13 bits per heavy atom. The largest absolute Gasteiger partial charge is 0.434 e. The lowest BCUT2D eigenvalue weighted by molar-refractivity contribution is -0.140. The molecule has 164 valence electrons. The zero-order valence-electron chi connectivity index (χ0n) is 17.8. The van der Waals surface area contributed by atoms with Crippen LogP contribution in [-0.4, -0.2) is 34.3 Å². The standard InChI is InChI=1S/C20H22F3N7S/c1-6-12(7-2)13-8-10(3)28-30-14(11(4)26-17(13)30)15-16(20(21,22)23)27-19(31-15)18-24-9-25-29(18)5/h8-9,12H,6-7H2,1-5H3. The van der Waals surface area contributed by atoms with Crippen LogP contribution in [0.2, 0.25) is 0 Å². The van der Waals surface area contributed by atoms with Crippen LogP contribution in [0.4, 0.5) is 13.2 Å². The molecule has 4 aromatic rings. The summed E-state index contributed by atoms with van der Waals surface area (Å²) in [6.45, 7) is 7.73. The Morgan fingerprint density at radius 3 is 2.42 bits per heavy atom. The Kier molecular flexibility index (Phi) is 5.32. The van der Waals surface area contributed by atoms with E-state index in [9.17, 15) is 13.2 Å². The van der Waals surface area contributed by atoms with E-state index in [-0.39, 0.29) is 21.6 Å². The molecule has 0 aliphatic rings. The van der Waals surface area contributed by atoms with Crippen molar-refractivity contribution in [1.29, 1.82) is 0 Å². The van der Waals surface area contributed by atoms with Gasteiger partial charge in [-0.3, -0.25) is 0 Å². The summed E-state index contributed by atoms with van der Waals surface area (Å²) < 4.78 is 44.9. The molecule has 4 heterocycles. The summed E-state index contributed by atoms with van der Waals surface area (Å²) in [6, 6.07) is 1.98. The third-order valence-electron chi connectivity index (χ3n) is 5.35. The second kappa shape index (κ2) is 7.70. The van der Waals surface area contributed by atoms with Gasteiger partial charge >= 0.3 is 6.18 Å². The minimum Gasteiger partial charge on any atom is -0.247 e. The molecule has 0 amide bonds. The van der Waals surface area contributed by atoms with Crippen LogP contribution in [0.15, 0.2) is 12.4 Å². The molecule has 0 aliphatic heterocycles. The van der Waals surface area contributed by atoms with Crippen molar-refractivity contribution in [1.82, 2.24) is 34.3 Å². The summed E-state index contributed by atoms with van der Waals surface area (Å²) in [5.74, 6) is 0.520. The SMILES string of the molecule is CCC(CC)c1cc(C)nn2c(-c3sc(-c4ncnn4C)nc3C(F)(F)F)c(C)nc12.